The van der Waals surface area contributed by atoms with Gasteiger partial charge in [0.2, 0.25) is 0 Å². The van der Waals surface area contributed by atoms with Crippen molar-refractivity contribution in [1.82, 2.24) is 14.9 Å². The average molecular weight is 568 g/mol. The number of fused-ring (bicyclic) bond motifs is 1. The monoisotopic (exact) mass is 567 g/mol. The third kappa shape index (κ3) is 7.23. The molecular formula is C28H30ClN5O4S. The summed E-state index contributed by atoms with van der Waals surface area (Å²) in [5.74, 6) is 0.219. The minimum Gasteiger partial charge on any atom is -0.466 e. The molecular weight excluding hydrogens is 538 g/mol. The number of Topliss-reactive ketones (excluding diaryl/α,β-unsaturated/α-hetero) is 1. The Kier molecular flexibility index (Phi) is 9.34. The maximum Gasteiger partial charge on any atom is 0.305 e. The lowest BCUT2D eigenvalue weighted by Gasteiger charge is -2.14. The molecule has 39 heavy (non-hydrogen) atoms. The highest BCUT2D eigenvalue weighted by molar-refractivity contribution is 7.18. The van der Waals surface area contributed by atoms with Gasteiger partial charge in [0, 0.05) is 31.1 Å². The number of aryl methyl sites for hydroxylation is 1. The van der Waals surface area contributed by atoms with Gasteiger partial charge in [0.25, 0.3) is 5.91 Å². The Morgan fingerprint density at radius 1 is 1.10 bits per heavy atom. The second-order valence-electron chi connectivity index (χ2n) is 8.90. The van der Waals surface area contributed by atoms with Crippen LogP contribution in [0.3, 0.4) is 0 Å². The van der Waals surface area contributed by atoms with E-state index in [1.807, 2.05) is 41.9 Å². The third-order valence-corrected chi connectivity index (χ3v) is 7.42. The Morgan fingerprint density at radius 3 is 2.56 bits per heavy atom. The number of benzene rings is 2. The van der Waals surface area contributed by atoms with Crippen LogP contribution in [0, 0.1) is 0 Å². The van der Waals surface area contributed by atoms with Gasteiger partial charge in [-0.05, 0) is 61.4 Å². The minimum absolute atomic E-state index is 0.0276. The molecule has 2 heterocycles. The lowest BCUT2D eigenvalue weighted by molar-refractivity contribution is -0.143. The number of esters is 1. The Morgan fingerprint density at radius 2 is 1.87 bits per heavy atom. The molecule has 0 saturated carbocycles. The summed E-state index contributed by atoms with van der Waals surface area (Å²) in [6.45, 7) is 2.57. The first kappa shape index (κ1) is 28.3. The predicted molar refractivity (Wildman–Crippen MR) is 153 cm³/mol. The van der Waals surface area contributed by atoms with Gasteiger partial charge >= 0.3 is 5.97 Å². The Labute approximate surface area is 235 Å². The summed E-state index contributed by atoms with van der Waals surface area (Å²) in [5.41, 5.74) is 10.0. The zero-order valence-electron chi connectivity index (χ0n) is 21.7. The van der Waals surface area contributed by atoms with Crippen LogP contribution in [0.1, 0.15) is 63.8 Å². The maximum absolute atomic E-state index is 12.6. The normalized spacial score (nSPS) is 11.8. The number of thiophene rings is 1. The molecule has 0 spiro atoms. The van der Waals surface area contributed by atoms with Crippen molar-refractivity contribution in [3.05, 3.63) is 80.8 Å². The van der Waals surface area contributed by atoms with E-state index in [9.17, 15) is 14.4 Å². The number of nitrogens with one attached hydrogen (secondary N) is 2. The molecule has 204 valence electrons. The van der Waals surface area contributed by atoms with Crippen molar-refractivity contribution >= 4 is 57.3 Å². The summed E-state index contributed by atoms with van der Waals surface area (Å²) in [5, 5.41) is 6.12. The summed E-state index contributed by atoms with van der Waals surface area (Å²) in [7, 11) is 1.93. The van der Waals surface area contributed by atoms with Crippen LogP contribution < -0.4 is 16.4 Å². The number of carbonyl (C=O) groups is 3. The number of aromatic nitrogens is 2. The van der Waals surface area contributed by atoms with Gasteiger partial charge in [-0.1, -0.05) is 23.7 Å². The second-order valence-corrected chi connectivity index (χ2v) is 10.6. The highest BCUT2D eigenvalue weighted by Gasteiger charge is 2.15. The molecule has 0 fully saturated rings. The molecule has 1 amide bonds. The van der Waals surface area contributed by atoms with E-state index in [0.717, 1.165) is 28.1 Å². The first-order valence-electron chi connectivity index (χ1n) is 12.5. The largest absolute Gasteiger partial charge is 0.466 e. The van der Waals surface area contributed by atoms with E-state index < -0.39 is 6.17 Å². The highest BCUT2D eigenvalue weighted by atomic mass is 35.5. The number of imidazole rings is 1. The molecule has 0 aliphatic heterocycles. The summed E-state index contributed by atoms with van der Waals surface area (Å²) in [6, 6.07) is 16.3. The molecule has 0 aliphatic rings. The summed E-state index contributed by atoms with van der Waals surface area (Å²) >= 11 is 7.10. The number of halogens is 1. The fourth-order valence-corrected chi connectivity index (χ4v) is 5.02. The molecule has 0 bridgehead atoms. The molecule has 0 aliphatic carbocycles. The van der Waals surface area contributed by atoms with Crippen LogP contribution in [0.15, 0.2) is 54.6 Å². The van der Waals surface area contributed by atoms with Gasteiger partial charge < -0.3 is 25.7 Å². The Hall–Kier alpha value is -3.73. The van der Waals surface area contributed by atoms with Gasteiger partial charge in [-0.15, -0.1) is 11.3 Å². The molecule has 11 heteroatoms. The van der Waals surface area contributed by atoms with Gasteiger partial charge in [0.05, 0.1) is 33.4 Å². The van der Waals surface area contributed by atoms with E-state index in [4.69, 9.17) is 27.1 Å². The molecule has 1 atom stereocenters. The first-order valence-corrected chi connectivity index (χ1v) is 13.7. The van der Waals surface area contributed by atoms with E-state index in [-0.39, 0.29) is 30.5 Å². The summed E-state index contributed by atoms with van der Waals surface area (Å²) in [6.07, 6.45) is 0.298. The van der Waals surface area contributed by atoms with E-state index >= 15 is 0 Å². The van der Waals surface area contributed by atoms with Crippen molar-refractivity contribution in [3.63, 3.8) is 0 Å². The lowest BCUT2D eigenvalue weighted by atomic mass is 10.0. The fourth-order valence-electron chi connectivity index (χ4n) is 4.07. The quantitative estimate of drug-likeness (QED) is 0.122. The van der Waals surface area contributed by atoms with Gasteiger partial charge in [-0.2, -0.15) is 0 Å². The number of hydrogen-bond acceptors (Lipinski definition) is 8. The Bertz CT molecular complexity index is 1480. The lowest BCUT2D eigenvalue weighted by Crippen LogP contribution is -2.33. The number of rotatable bonds is 12. The number of anilines is 1. The number of nitrogens with zero attached hydrogens (tertiary/aromatic N) is 2. The van der Waals surface area contributed by atoms with Crippen molar-refractivity contribution in [2.75, 3.05) is 11.9 Å². The van der Waals surface area contributed by atoms with Crippen molar-refractivity contribution < 1.29 is 19.1 Å². The van der Waals surface area contributed by atoms with Crippen LogP contribution in [0.4, 0.5) is 5.69 Å². The zero-order chi connectivity index (χ0) is 27.9. The Balaban J connectivity index is 1.33. The van der Waals surface area contributed by atoms with Crippen molar-refractivity contribution in [1.29, 1.82) is 0 Å². The van der Waals surface area contributed by atoms with Gasteiger partial charge in [-0.25, -0.2) is 4.98 Å². The first-order chi connectivity index (χ1) is 18.7. The van der Waals surface area contributed by atoms with E-state index in [0.29, 0.717) is 34.3 Å². The standard InChI is InChI=1S/C28H30ClN5O4S/c1-3-38-26(36)6-4-5-22(35)18-9-12-21-20(15-18)32-25(34(21)2)16-31-19-10-7-17(8-11-19)27(30)33-28(37)23-13-14-24(29)39-23/h7-15,27,31H,3-6,16,30H2,1-2H3,(H,33,37). The van der Waals surface area contributed by atoms with Crippen LogP contribution in [0.2, 0.25) is 4.34 Å². The molecule has 0 radical (unpaired) electrons. The van der Waals surface area contributed by atoms with Gasteiger partial charge in [0.1, 0.15) is 12.0 Å². The number of carbonyl (C=O) groups excluding carboxylic acids is 3. The predicted octanol–water partition coefficient (Wildman–Crippen LogP) is 5.20. The SMILES string of the molecule is CCOC(=O)CCCC(=O)c1ccc2c(c1)nc(CNc1ccc(C(N)NC(=O)c3ccc(Cl)s3)cc1)n2C. The van der Waals surface area contributed by atoms with Crippen LogP contribution >= 0.6 is 22.9 Å². The molecule has 1 unspecified atom stereocenters. The van der Waals surface area contributed by atoms with Gasteiger partial charge in [0.15, 0.2) is 5.78 Å². The molecule has 9 nitrogen and oxygen atoms in total. The molecule has 4 N–H and O–H groups in total. The van der Waals surface area contributed by atoms with E-state index in [1.165, 1.54) is 11.3 Å². The molecule has 0 saturated heterocycles. The number of ketones is 1. The summed E-state index contributed by atoms with van der Waals surface area (Å²) < 4.78 is 7.43. The topological polar surface area (TPSA) is 128 Å². The number of hydrogen-bond donors (Lipinski definition) is 3. The second kappa shape index (κ2) is 12.9. The van der Waals surface area contributed by atoms with Crippen LogP contribution in [0.5, 0.6) is 0 Å². The van der Waals surface area contributed by atoms with E-state index in [1.54, 1.807) is 31.2 Å². The number of amides is 1. The van der Waals surface area contributed by atoms with Crippen LogP contribution in [-0.2, 0) is 23.1 Å². The maximum atomic E-state index is 12.6. The van der Waals surface area contributed by atoms with Gasteiger partial charge in [-0.3, -0.25) is 14.4 Å². The summed E-state index contributed by atoms with van der Waals surface area (Å²) in [4.78, 5) is 41.6. The highest BCUT2D eigenvalue weighted by Crippen LogP contribution is 2.23. The average Bonchev–Trinajstić information content (AvgIpc) is 3.50. The van der Waals surface area contributed by atoms with Crippen LogP contribution in [0.25, 0.3) is 11.0 Å². The minimum atomic E-state index is -0.658. The number of ether oxygens (including phenoxy) is 1. The number of nitrogens with two attached hydrogens (primary N) is 1. The van der Waals surface area contributed by atoms with Crippen molar-refractivity contribution in [2.24, 2.45) is 12.8 Å². The van der Waals surface area contributed by atoms with E-state index in [2.05, 4.69) is 10.6 Å². The van der Waals surface area contributed by atoms with Crippen LogP contribution in [-0.4, -0.2) is 33.8 Å². The molecule has 4 rings (SSSR count). The van der Waals surface area contributed by atoms with Crippen molar-refractivity contribution in [3.8, 4) is 0 Å². The van der Waals surface area contributed by atoms with Crippen molar-refractivity contribution in [2.45, 2.75) is 38.9 Å². The molecule has 2 aromatic carbocycles. The fraction of sp³-hybridized carbons (Fsp3) is 0.286. The molecule has 2 aromatic heterocycles. The smallest absolute Gasteiger partial charge is 0.305 e. The third-order valence-electron chi connectivity index (χ3n) is 6.19. The molecule has 4 aromatic rings. The zero-order valence-corrected chi connectivity index (χ0v) is 23.3.